The lowest BCUT2D eigenvalue weighted by atomic mass is 10.2. The van der Waals surface area contributed by atoms with Gasteiger partial charge in [0.1, 0.15) is 0 Å². The zero-order valence-electron chi connectivity index (χ0n) is 11.6. The van der Waals surface area contributed by atoms with Crippen LogP contribution in [0.4, 0.5) is 5.69 Å². The number of thioether (sulfide) groups is 1. The summed E-state index contributed by atoms with van der Waals surface area (Å²) in [5.41, 5.74) is 7.18. The average molecular weight is 325 g/mol. The molecule has 2 aromatic rings. The zero-order valence-corrected chi connectivity index (χ0v) is 13.2. The van der Waals surface area contributed by atoms with Crippen molar-refractivity contribution >= 4 is 35.0 Å². The molecule has 2 rings (SSSR count). The van der Waals surface area contributed by atoms with Gasteiger partial charge in [-0.25, -0.2) is 4.98 Å². The second-order valence-electron chi connectivity index (χ2n) is 4.48. The van der Waals surface area contributed by atoms with Crippen molar-refractivity contribution in [1.82, 2.24) is 9.55 Å². The summed E-state index contributed by atoms with van der Waals surface area (Å²) in [6, 6.07) is 4.80. The largest absolute Gasteiger partial charge is 0.323 e. The number of rotatable bonds is 6. The highest BCUT2D eigenvalue weighted by Crippen LogP contribution is 2.28. The summed E-state index contributed by atoms with van der Waals surface area (Å²) in [5.74, 6) is 0.631. The van der Waals surface area contributed by atoms with Gasteiger partial charge in [-0.05, 0) is 30.6 Å². The lowest BCUT2D eigenvalue weighted by molar-refractivity contribution is -0.117. The number of anilines is 1. The molecule has 21 heavy (non-hydrogen) atoms. The van der Waals surface area contributed by atoms with Crippen LogP contribution in [-0.4, -0.2) is 33.5 Å². The Balaban J connectivity index is 2.21. The first kappa shape index (κ1) is 15.9. The van der Waals surface area contributed by atoms with Gasteiger partial charge >= 0.3 is 0 Å². The molecule has 112 valence electrons. The Morgan fingerprint density at radius 3 is 3.05 bits per heavy atom. The molecule has 0 bridgehead atoms. The van der Waals surface area contributed by atoms with Crippen LogP contribution in [0, 0.1) is 0 Å². The van der Waals surface area contributed by atoms with Gasteiger partial charge in [0.2, 0.25) is 5.91 Å². The smallest absolute Gasteiger partial charge is 0.241 e. The van der Waals surface area contributed by atoms with Gasteiger partial charge in [0.05, 0.1) is 28.8 Å². The highest BCUT2D eigenvalue weighted by atomic mass is 35.5. The molecule has 5 nitrogen and oxygen atoms in total. The summed E-state index contributed by atoms with van der Waals surface area (Å²) < 4.78 is 1.76. The molecule has 1 heterocycles. The summed E-state index contributed by atoms with van der Waals surface area (Å²) in [4.78, 5) is 16.1. The van der Waals surface area contributed by atoms with Crippen molar-refractivity contribution in [2.24, 2.45) is 5.73 Å². The summed E-state index contributed by atoms with van der Waals surface area (Å²) in [6.45, 7) is 0. The zero-order chi connectivity index (χ0) is 15.2. The second kappa shape index (κ2) is 7.49. The van der Waals surface area contributed by atoms with E-state index in [4.69, 9.17) is 17.3 Å². The van der Waals surface area contributed by atoms with Crippen LogP contribution in [0.2, 0.25) is 5.02 Å². The van der Waals surface area contributed by atoms with E-state index >= 15 is 0 Å². The van der Waals surface area contributed by atoms with Crippen molar-refractivity contribution in [1.29, 1.82) is 0 Å². The second-order valence-corrected chi connectivity index (χ2v) is 5.88. The number of imidazole rings is 1. The molecule has 0 aliphatic rings. The summed E-state index contributed by atoms with van der Waals surface area (Å²) in [5, 5.41) is 3.37. The normalized spacial score (nSPS) is 12.1. The number of hydrogen-bond acceptors (Lipinski definition) is 4. The molecule has 3 N–H and O–H groups in total. The summed E-state index contributed by atoms with van der Waals surface area (Å²) >= 11 is 7.90. The number of carbonyl (C=O) groups excluding carboxylic acids is 1. The molecule has 0 saturated heterocycles. The van der Waals surface area contributed by atoms with Gasteiger partial charge in [-0.2, -0.15) is 11.8 Å². The van der Waals surface area contributed by atoms with E-state index in [0.717, 1.165) is 5.75 Å². The first-order valence-corrected chi connectivity index (χ1v) is 8.23. The van der Waals surface area contributed by atoms with Gasteiger partial charge in [-0.1, -0.05) is 17.7 Å². The number of benzene rings is 1. The minimum absolute atomic E-state index is 0.215. The first-order chi connectivity index (χ1) is 10.1. The molecule has 0 radical (unpaired) electrons. The van der Waals surface area contributed by atoms with E-state index in [1.54, 1.807) is 53.2 Å². The third-order valence-electron chi connectivity index (χ3n) is 2.98. The maximum atomic E-state index is 12.1. The summed E-state index contributed by atoms with van der Waals surface area (Å²) in [6.07, 6.45) is 7.67. The SMILES string of the molecule is CSCC[C@H](N)C(=O)Nc1cccc(Cl)c1-n1ccnc1. The minimum Gasteiger partial charge on any atom is -0.323 e. The van der Waals surface area contributed by atoms with Crippen LogP contribution in [0.25, 0.3) is 5.69 Å². The monoisotopic (exact) mass is 324 g/mol. The van der Waals surface area contributed by atoms with Crippen molar-refractivity contribution < 1.29 is 4.79 Å². The Labute approximate surface area is 132 Å². The Kier molecular flexibility index (Phi) is 5.67. The van der Waals surface area contributed by atoms with Crippen LogP contribution in [0.5, 0.6) is 0 Å². The molecule has 1 amide bonds. The van der Waals surface area contributed by atoms with Gasteiger partial charge in [0, 0.05) is 12.4 Å². The van der Waals surface area contributed by atoms with Crippen LogP contribution in [0.15, 0.2) is 36.9 Å². The molecule has 0 spiro atoms. The number of carbonyl (C=O) groups is 1. The predicted octanol–water partition coefficient (Wildman–Crippen LogP) is 2.54. The molecular weight excluding hydrogens is 308 g/mol. The van der Waals surface area contributed by atoms with Crippen molar-refractivity contribution in [3.8, 4) is 5.69 Å². The number of aromatic nitrogens is 2. The highest BCUT2D eigenvalue weighted by molar-refractivity contribution is 7.98. The third kappa shape index (κ3) is 4.00. The van der Waals surface area contributed by atoms with Crippen LogP contribution in [0.1, 0.15) is 6.42 Å². The fourth-order valence-corrected chi connectivity index (χ4v) is 2.63. The van der Waals surface area contributed by atoms with Gasteiger partial charge in [0.25, 0.3) is 0 Å². The molecule has 0 fully saturated rings. The number of nitrogens with one attached hydrogen (secondary N) is 1. The van der Waals surface area contributed by atoms with Crippen LogP contribution < -0.4 is 11.1 Å². The number of nitrogens with zero attached hydrogens (tertiary/aromatic N) is 2. The van der Waals surface area contributed by atoms with E-state index in [2.05, 4.69) is 10.3 Å². The third-order valence-corrected chi connectivity index (χ3v) is 3.93. The quantitative estimate of drug-likeness (QED) is 0.856. The molecule has 7 heteroatoms. The Bertz CT molecular complexity index is 603. The Morgan fingerprint density at radius 1 is 1.57 bits per heavy atom. The van der Waals surface area contributed by atoms with Gasteiger partial charge in [0.15, 0.2) is 0 Å². The standard InChI is InChI=1S/C14H17ClN4OS/c1-21-8-5-11(16)14(20)18-12-4-2-3-10(15)13(12)19-7-6-17-9-19/h2-4,6-7,9,11H,5,8,16H2,1H3,(H,18,20)/t11-/m0/s1. The van der Waals surface area contributed by atoms with Crippen molar-refractivity contribution in [3.63, 3.8) is 0 Å². The van der Waals surface area contributed by atoms with E-state index in [9.17, 15) is 4.79 Å². The number of para-hydroxylation sites is 1. The molecule has 1 aromatic heterocycles. The maximum Gasteiger partial charge on any atom is 0.241 e. The molecule has 1 atom stereocenters. The Morgan fingerprint density at radius 2 is 2.38 bits per heavy atom. The number of amides is 1. The first-order valence-electron chi connectivity index (χ1n) is 6.45. The molecule has 0 aliphatic heterocycles. The summed E-state index contributed by atoms with van der Waals surface area (Å²) in [7, 11) is 0. The molecule has 1 aromatic carbocycles. The number of halogens is 1. The Hall–Kier alpha value is -1.50. The maximum absolute atomic E-state index is 12.1. The van der Waals surface area contributed by atoms with Crippen molar-refractivity contribution in [2.45, 2.75) is 12.5 Å². The lowest BCUT2D eigenvalue weighted by Gasteiger charge is -2.16. The van der Waals surface area contributed by atoms with E-state index in [0.29, 0.717) is 22.8 Å². The van der Waals surface area contributed by atoms with Crippen molar-refractivity contribution in [2.75, 3.05) is 17.3 Å². The molecule has 0 aliphatic carbocycles. The topological polar surface area (TPSA) is 72.9 Å². The average Bonchev–Trinajstić information content (AvgIpc) is 2.98. The minimum atomic E-state index is -0.535. The van der Waals surface area contributed by atoms with E-state index in [1.807, 2.05) is 6.26 Å². The van der Waals surface area contributed by atoms with Gasteiger partial charge < -0.3 is 15.6 Å². The van der Waals surface area contributed by atoms with Crippen LogP contribution in [0.3, 0.4) is 0 Å². The van der Waals surface area contributed by atoms with Gasteiger partial charge in [-0.3, -0.25) is 4.79 Å². The highest BCUT2D eigenvalue weighted by Gasteiger charge is 2.16. The molecule has 0 saturated carbocycles. The predicted molar refractivity (Wildman–Crippen MR) is 88.2 cm³/mol. The van der Waals surface area contributed by atoms with E-state index < -0.39 is 6.04 Å². The van der Waals surface area contributed by atoms with Crippen LogP contribution >= 0.6 is 23.4 Å². The molecular formula is C14H17ClN4OS. The fourth-order valence-electron chi connectivity index (χ4n) is 1.87. The molecule has 0 unspecified atom stereocenters. The van der Waals surface area contributed by atoms with E-state index in [1.165, 1.54) is 0 Å². The van der Waals surface area contributed by atoms with E-state index in [-0.39, 0.29) is 5.91 Å². The number of hydrogen-bond donors (Lipinski definition) is 2. The fraction of sp³-hybridized carbons (Fsp3) is 0.286. The van der Waals surface area contributed by atoms with Crippen LogP contribution in [-0.2, 0) is 4.79 Å². The van der Waals surface area contributed by atoms with Crippen molar-refractivity contribution in [3.05, 3.63) is 41.9 Å². The number of nitrogens with two attached hydrogens (primary N) is 1. The van der Waals surface area contributed by atoms with Gasteiger partial charge in [-0.15, -0.1) is 0 Å². The lowest BCUT2D eigenvalue weighted by Crippen LogP contribution is -2.36.